The van der Waals surface area contributed by atoms with Crippen LogP contribution in [0.5, 0.6) is 0 Å². The molecular weight excluding hydrogens is 310 g/mol. The number of carboxylic acids is 1. The molecule has 1 aliphatic rings. The van der Waals surface area contributed by atoms with Crippen LogP contribution in [0.4, 0.5) is 0 Å². The van der Waals surface area contributed by atoms with E-state index in [-0.39, 0.29) is 23.5 Å². The van der Waals surface area contributed by atoms with Gasteiger partial charge in [0, 0.05) is 11.4 Å². The van der Waals surface area contributed by atoms with Crippen molar-refractivity contribution in [1.29, 1.82) is 0 Å². The molecule has 0 aliphatic heterocycles. The first-order valence-electron chi connectivity index (χ1n) is 6.94. The summed E-state index contributed by atoms with van der Waals surface area (Å²) in [4.78, 5) is 23.8. The first-order valence-corrected chi connectivity index (χ1v) is 8.31. The number of nitrogens with one attached hydrogen (secondary N) is 1. The van der Waals surface area contributed by atoms with E-state index in [0.717, 1.165) is 17.7 Å². The van der Waals surface area contributed by atoms with Gasteiger partial charge in [-0.2, -0.15) is 0 Å². The molecule has 21 heavy (non-hydrogen) atoms. The number of rotatable bonds is 6. The molecule has 0 aromatic heterocycles. The second-order valence-corrected chi connectivity index (χ2v) is 6.58. The zero-order valence-corrected chi connectivity index (χ0v) is 13.1. The van der Waals surface area contributed by atoms with E-state index in [2.05, 4.69) is 5.32 Å². The van der Waals surface area contributed by atoms with Gasteiger partial charge in [-0.1, -0.05) is 30.2 Å². The summed E-state index contributed by atoms with van der Waals surface area (Å²) >= 11 is 7.41. The van der Waals surface area contributed by atoms with E-state index in [4.69, 9.17) is 16.7 Å². The van der Waals surface area contributed by atoms with Crippen LogP contribution in [0.3, 0.4) is 0 Å². The highest BCUT2D eigenvalue weighted by molar-refractivity contribution is 8.00. The number of carboxylic acid groups (broad SMARTS) is 1. The number of carbonyl (C=O) groups is 2. The average molecular weight is 328 g/mol. The summed E-state index contributed by atoms with van der Waals surface area (Å²) in [5.41, 5.74) is 0. The SMILES string of the molecule is O=C(CSc1ccccc1Cl)NCC1CCCC1C(=O)O. The van der Waals surface area contributed by atoms with Gasteiger partial charge in [0.15, 0.2) is 0 Å². The van der Waals surface area contributed by atoms with E-state index in [9.17, 15) is 9.59 Å². The van der Waals surface area contributed by atoms with Crippen LogP contribution < -0.4 is 5.32 Å². The second kappa shape index (κ2) is 7.71. The number of halogens is 1. The smallest absolute Gasteiger partial charge is 0.306 e. The first kappa shape index (κ1) is 16.2. The highest BCUT2D eigenvalue weighted by Gasteiger charge is 2.32. The number of amides is 1. The third-order valence-electron chi connectivity index (χ3n) is 3.73. The maximum atomic E-state index is 11.8. The quantitative estimate of drug-likeness (QED) is 0.788. The monoisotopic (exact) mass is 327 g/mol. The molecule has 1 saturated carbocycles. The van der Waals surface area contributed by atoms with Crippen LogP contribution >= 0.6 is 23.4 Å². The van der Waals surface area contributed by atoms with Crippen LogP contribution in [0.2, 0.25) is 5.02 Å². The second-order valence-electron chi connectivity index (χ2n) is 5.16. The molecule has 1 aliphatic carbocycles. The summed E-state index contributed by atoms with van der Waals surface area (Å²) in [5, 5.41) is 12.6. The fourth-order valence-electron chi connectivity index (χ4n) is 2.61. The molecule has 0 radical (unpaired) electrons. The van der Waals surface area contributed by atoms with Crippen molar-refractivity contribution in [2.45, 2.75) is 24.2 Å². The van der Waals surface area contributed by atoms with Gasteiger partial charge in [-0.3, -0.25) is 9.59 Å². The summed E-state index contributed by atoms with van der Waals surface area (Å²) in [6.45, 7) is 0.443. The fraction of sp³-hybridized carbons (Fsp3) is 0.467. The number of thioether (sulfide) groups is 1. The zero-order chi connectivity index (χ0) is 15.2. The van der Waals surface area contributed by atoms with Crippen LogP contribution in [0.1, 0.15) is 19.3 Å². The Hall–Kier alpha value is -1.20. The summed E-state index contributed by atoms with van der Waals surface area (Å²) in [6.07, 6.45) is 2.50. The molecule has 1 aromatic carbocycles. The van der Waals surface area contributed by atoms with Crippen molar-refractivity contribution >= 4 is 35.2 Å². The van der Waals surface area contributed by atoms with Crippen molar-refractivity contribution in [3.8, 4) is 0 Å². The Morgan fingerprint density at radius 3 is 2.81 bits per heavy atom. The summed E-state index contributed by atoms with van der Waals surface area (Å²) in [7, 11) is 0. The van der Waals surface area contributed by atoms with Gasteiger partial charge in [-0.25, -0.2) is 0 Å². The molecule has 0 heterocycles. The van der Waals surface area contributed by atoms with Crippen molar-refractivity contribution < 1.29 is 14.7 Å². The van der Waals surface area contributed by atoms with Gasteiger partial charge < -0.3 is 10.4 Å². The largest absolute Gasteiger partial charge is 0.481 e. The predicted molar refractivity (Wildman–Crippen MR) is 83.7 cm³/mol. The normalized spacial score (nSPS) is 21.2. The Morgan fingerprint density at radius 1 is 1.33 bits per heavy atom. The van der Waals surface area contributed by atoms with Gasteiger partial charge in [0.05, 0.1) is 16.7 Å². The molecule has 1 amide bonds. The number of hydrogen-bond acceptors (Lipinski definition) is 3. The molecule has 6 heteroatoms. The van der Waals surface area contributed by atoms with Crippen molar-refractivity contribution in [2.24, 2.45) is 11.8 Å². The van der Waals surface area contributed by atoms with E-state index >= 15 is 0 Å². The molecule has 2 unspecified atom stereocenters. The minimum absolute atomic E-state index is 0.0526. The van der Waals surface area contributed by atoms with E-state index in [1.807, 2.05) is 18.2 Å². The minimum atomic E-state index is -0.753. The van der Waals surface area contributed by atoms with Gasteiger partial charge in [-0.05, 0) is 30.9 Å². The van der Waals surface area contributed by atoms with Gasteiger partial charge in [0.1, 0.15) is 0 Å². The number of hydrogen-bond donors (Lipinski definition) is 2. The molecule has 1 fully saturated rings. The maximum absolute atomic E-state index is 11.8. The minimum Gasteiger partial charge on any atom is -0.481 e. The lowest BCUT2D eigenvalue weighted by Crippen LogP contribution is -2.33. The molecule has 114 valence electrons. The van der Waals surface area contributed by atoms with Gasteiger partial charge in [0.2, 0.25) is 5.91 Å². The third-order valence-corrected chi connectivity index (χ3v) is 5.25. The molecule has 2 rings (SSSR count). The Bertz CT molecular complexity index is 523. The third kappa shape index (κ3) is 4.64. The predicted octanol–water partition coefficient (Wildman–Crippen LogP) is 3.05. The Morgan fingerprint density at radius 2 is 2.10 bits per heavy atom. The zero-order valence-electron chi connectivity index (χ0n) is 11.5. The lowest BCUT2D eigenvalue weighted by Gasteiger charge is -2.16. The number of aliphatic carboxylic acids is 1. The van der Waals surface area contributed by atoms with Crippen LogP contribution in [-0.2, 0) is 9.59 Å². The van der Waals surface area contributed by atoms with Crippen LogP contribution in [0, 0.1) is 11.8 Å². The lowest BCUT2D eigenvalue weighted by atomic mass is 9.96. The molecule has 1 aromatic rings. The maximum Gasteiger partial charge on any atom is 0.306 e. The van der Waals surface area contributed by atoms with Gasteiger partial charge in [0.25, 0.3) is 0 Å². The average Bonchev–Trinajstić information content (AvgIpc) is 2.93. The van der Waals surface area contributed by atoms with E-state index < -0.39 is 5.97 Å². The number of benzene rings is 1. The molecule has 0 spiro atoms. The molecule has 0 saturated heterocycles. The molecule has 0 bridgehead atoms. The van der Waals surface area contributed by atoms with E-state index in [0.29, 0.717) is 18.0 Å². The van der Waals surface area contributed by atoms with Crippen molar-refractivity contribution in [3.05, 3.63) is 29.3 Å². The van der Waals surface area contributed by atoms with Gasteiger partial charge >= 0.3 is 5.97 Å². The summed E-state index contributed by atoms with van der Waals surface area (Å²) in [6, 6.07) is 7.39. The van der Waals surface area contributed by atoms with Crippen molar-refractivity contribution in [2.75, 3.05) is 12.3 Å². The van der Waals surface area contributed by atoms with Crippen molar-refractivity contribution in [1.82, 2.24) is 5.32 Å². The number of carbonyl (C=O) groups excluding carboxylic acids is 1. The van der Waals surface area contributed by atoms with Crippen LogP contribution in [0.25, 0.3) is 0 Å². The van der Waals surface area contributed by atoms with E-state index in [1.54, 1.807) is 6.07 Å². The first-order chi connectivity index (χ1) is 10.1. The summed E-state index contributed by atoms with van der Waals surface area (Å²) < 4.78 is 0. The molecule has 2 N–H and O–H groups in total. The highest BCUT2D eigenvalue weighted by atomic mass is 35.5. The van der Waals surface area contributed by atoms with E-state index in [1.165, 1.54) is 11.8 Å². The van der Waals surface area contributed by atoms with Crippen molar-refractivity contribution in [3.63, 3.8) is 0 Å². The lowest BCUT2D eigenvalue weighted by molar-refractivity contribution is -0.143. The molecule has 2 atom stereocenters. The standard InChI is InChI=1S/C15H18ClNO3S/c16-12-6-1-2-7-13(12)21-9-14(18)17-8-10-4-3-5-11(10)15(19)20/h1-2,6-7,10-11H,3-5,8-9H2,(H,17,18)(H,19,20). The van der Waals surface area contributed by atoms with Gasteiger partial charge in [-0.15, -0.1) is 11.8 Å². The molecular formula is C15H18ClNO3S. The topological polar surface area (TPSA) is 66.4 Å². The Kier molecular flexibility index (Phi) is 5.94. The Labute approximate surface area is 133 Å². The highest BCUT2D eigenvalue weighted by Crippen LogP contribution is 2.31. The Balaban J connectivity index is 1.75. The van der Waals surface area contributed by atoms with Crippen LogP contribution in [0.15, 0.2) is 29.2 Å². The van der Waals surface area contributed by atoms with Crippen LogP contribution in [-0.4, -0.2) is 29.3 Å². The summed E-state index contributed by atoms with van der Waals surface area (Å²) in [5.74, 6) is -0.819. The fourth-order valence-corrected chi connectivity index (χ4v) is 3.68. The molecule has 4 nitrogen and oxygen atoms in total.